The fourth-order valence-corrected chi connectivity index (χ4v) is 4.00. The molecule has 0 aromatic carbocycles. The van der Waals surface area contributed by atoms with Crippen LogP contribution in [0.25, 0.3) is 0 Å². The van der Waals surface area contributed by atoms with Crippen LogP contribution in [0.15, 0.2) is 22.9 Å². The van der Waals surface area contributed by atoms with Crippen LogP contribution >= 0.6 is 0 Å². The SMILES string of the molecule is CC(C)c1noc([C@@H](NCc2ccc(N3CCCC3)nc2)C2CCOCC2)n1. The van der Waals surface area contributed by atoms with Crippen molar-refractivity contribution in [3.63, 3.8) is 0 Å². The molecule has 1 atom stereocenters. The number of aromatic nitrogens is 3. The topological polar surface area (TPSA) is 76.3 Å². The van der Waals surface area contributed by atoms with Gasteiger partial charge < -0.3 is 19.5 Å². The van der Waals surface area contributed by atoms with Crippen LogP contribution in [-0.2, 0) is 11.3 Å². The second kappa shape index (κ2) is 9.01. The highest BCUT2D eigenvalue weighted by molar-refractivity contribution is 5.40. The molecule has 0 aliphatic carbocycles. The van der Waals surface area contributed by atoms with E-state index in [0.29, 0.717) is 11.8 Å². The zero-order valence-corrected chi connectivity index (χ0v) is 16.9. The van der Waals surface area contributed by atoms with E-state index in [9.17, 15) is 0 Å². The molecule has 4 rings (SSSR count). The molecule has 7 heteroatoms. The van der Waals surface area contributed by atoms with Crippen LogP contribution in [0.5, 0.6) is 0 Å². The van der Waals surface area contributed by atoms with Gasteiger partial charge in [-0.1, -0.05) is 25.1 Å². The molecular formula is C21H31N5O2. The number of pyridine rings is 1. The molecule has 2 fully saturated rings. The number of nitrogens with one attached hydrogen (secondary N) is 1. The zero-order chi connectivity index (χ0) is 19.3. The monoisotopic (exact) mass is 385 g/mol. The molecule has 0 saturated carbocycles. The van der Waals surface area contributed by atoms with Gasteiger partial charge in [0.25, 0.3) is 0 Å². The van der Waals surface area contributed by atoms with Gasteiger partial charge in [0.1, 0.15) is 5.82 Å². The van der Waals surface area contributed by atoms with Crippen molar-refractivity contribution >= 4 is 5.82 Å². The van der Waals surface area contributed by atoms with Crippen molar-refractivity contribution in [1.29, 1.82) is 0 Å². The van der Waals surface area contributed by atoms with Gasteiger partial charge in [-0.15, -0.1) is 0 Å². The lowest BCUT2D eigenvalue weighted by molar-refractivity contribution is 0.0485. The van der Waals surface area contributed by atoms with E-state index in [4.69, 9.17) is 9.26 Å². The average molecular weight is 386 g/mol. The third-order valence-corrected chi connectivity index (χ3v) is 5.74. The Hall–Kier alpha value is -1.99. The van der Waals surface area contributed by atoms with Crippen molar-refractivity contribution in [3.8, 4) is 0 Å². The van der Waals surface area contributed by atoms with Crippen LogP contribution < -0.4 is 10.2 Å². The second-order valence-electron chi connectivity index (χ2n) is 8.17. The van der Waals surface area contributed by atoms with E-state index in [-0.39, 0.29) is 12.0 Å². The van der Waals surface area contributed by atoms with Gasteiger partial charge in [0.2, 0.25) is 5.89 Å². The summed E-state index contributed by atoms with van der Waals surface area (Å²) in [5.74, 6) is 3.24. The summed E-state index contributed by atoms with van der Waals surface area (Å²) in [6.07, 6.45) is 6.52. The second-order valence-corrected chi connectivity index (χ2v) is 8.17. The first-order valence-electron chi connectivity index (χ1n) is 10.5. The Morgan fingerprint density at radius 2 is 1.96 bits per heavy atom. The van der Waals surface area contributed by atoms with E-state index >= 15 is 0 Å². The molecule has 2 aliphatic heterocycles. The van der Waals surface area contributed by atoms with E-state index in [1.807, 2.05) is 6.20 Å². The Morgan fingerprint density at radius 3 is 2.61 bits per heavy atom. The van der Waals surface area contributed by atoms with E-state index in [2.05, 4.69) is 51.3 Å². The maximum Gasteiger partial charge on any atom is 0.244 e. The maximum atomic E-state index is 5.63. The predicted octanol–water partition coefficient (Wildman–Crippen LogP) is 3.45. The van der Waals surface area contributed by atoms with Crippen molar-refractivity contribution in [3.05, 3.63) is 35.6 Å². The molecule has 2 saturated heterocycles. The van der Waals surface area contributed by atoms with Gasteiger partial charge >= 0.3 is 0 Å². The Kier molecular flexibility index (Phi) is 6.22. The van der Waals surface area contributed by atoms with E-state index in [1.54, 1.807) is 0 Å². The van der Waals surface area contributed by atoms with Gasteiger partial charge in [-0.05, 0) is 43.2 Å². The zero-order valence-electron chi connectivity index (χ0n) is 16.9. The molecular weight excluding hydrogens is 354 g/mol. The summed E-state index contributed by atoms with van der Waals surface area (Å²) in [6.45, 7) is 8.71. The molecule has 1 N–H and O–H groups in total. The quantitative estimate of drug-likeness (QED) is 0.782. The predicted molar refractivity (Wildman–Crippen MR) is 107 cm³/mol. The summed E-state index contributed by atoms with van der Waals surface area (Å²) in [5.41, 5.74) is 1.17. The first-order valence-corrected chi connectivity index (χ1v) is 10.5. The normalized spacial score (nSPS) is 19.5. The first-order chi connectivity index (χ1) is 13.7. The van der Waals surface area contributed by atoms with Crippen molar-refractivity contribution in [2.24, 2.45) is 5.92 Å². The number of hydrogen-bond donors (Lipinski definition) is 1. The van der Waals surface area contributed by atoms with Gasteiger partial charge in [-0.25, -0.2) is 4.98 Å². The lowest BCUT2D eigenvalue weighted by atomic mass is 9.91. The van der Waals surface area contributed by atoms with Gasteiger partial charge in [0, 0.05) is 45.0 Å². The summed E-state index contributed by atoms with van der Waals surface area (Å²) in [5, 5.41) is 7.82. The third kappa shape index (κ3) is 4.52. The van der Waals surface area contributed by atoms with Crippen molar-refractivity contribution in [1.82, 2.24) is 20.4 Å². The summed E-state index contributed by atoms with van der Waals surface area (Å²) in [6, 6.07) is 4.35. The van der Waals surface area contributed by atoms with Crippen LogP contribution in [0.1, 0.15) is 68.8 Å². The Balaban J connectivity index is 1.44. The minimum absolute atomic E-state index is 0.0437. The smallest absolute Gasteiger partial charge is 0.244 e. The molecule has 0 bridgehead atoms. The van der Waals surface area contributed by atoms with Crippen molar-refractivity contribution in [2.45, 2.75) is 58.0 Å². The molecule has 4 heterocycles. The minimum atomic E-state index is 0.0437. The summed E-state index contributed by atoms with van der Waals surface area (Å²) < 4.78 is 11.2. The van der Waals surface area contributed by atoms with Crippen LogP contribution in [0.2, 0.25) is 0 Å². The molecule has 2 aromatic rings. The highest BCUT2D eigenvalue weighted by Crippen LogP contribution is 2.30. The fraction of sp³-hybridized carbons (Fsp3) is 0.667. The Morgan fingerprint density at radius 1 is 1.18 bits per heavy atom. The minimum Gasteiger partial charge on any atom is -0.381 e. The van der Waals surface area contributed by atoms with E-state index in [1.165, 1.54) is 18.4 Å². The lowest BCUT2D eigenvalue weighted by Crippen LogP contribution is -2.32. The Labute approximate surface area is 166 Å². The standard InChI is InChI=1S/C21H31N5O2/c1-15(2)20-24-21(28-25-20)19(17-7-11-27-12-8-17)23-14-16-5-6-18(22-13-16)26-9-3-4-10-26/h5-6,13,15,17,19,23H,3-4,7-12,14H2,1-2H3/t19-/m0/s1. The van der Waals surface area contributed by atoms with Crippen molar-refractivity contribution in [2.75, 3.05) is 31.2 Å². The molecule has 0 radical (unpaired) electrons. The van der Waals surface area contributed by atoms with Gasteiger partial charge in [0.15, 0.2) is 5.82 Å². The lowest BCUT2D eigenvalue weighted by Gasteiger charge is -2.28. The van der Waals surface area contributed by atoms with Crippen LogP contribution in [0, 0.1) is 5.92 Å². The maximum absolute atomic E-state index is 5.63. The van der Waals surface area contributed by atoms with Crippen molar-refractivity contribution < 1.29 is 9.26 Å². The average Bonchev–Trinajstić information content (AvgIpc) is 3.42. The number of hydrogen-bond acceptors (Lipinski definition) is 7. The van der Waals surface area contributed by atoms with Crippen LogP contribution in [0.4, 0.5) is 5.82 Å². The van der Waals surface area contributed by atoms with E-state index < -0.39 is 0 Å². The highest BCUT2D eigenvalue weighted by Gasteiger charge is 2.30. The highest BCUT2D eigenvalue weighted by atomic mass is 16.5. The summed E-state index contributed by atoms with van der Waals surface area (Å²) >= 11 is 0. The molecule has 0 amide bonds. The summed E-state index contributed by atoms with van der Waals surface area (Å²) in [7, 11) is 0. The fourth-order valence-electron chi connectivity index (χ4n) is 4.00. The number of nitrogens with zero attached hydrogens (tertiary/aromatic N) is 4. The van der Waals surface area contributed by atoms with Crippen LogP contribution in [-0.4, -0.2) is 41.4 Å². The molecule has 7 nitrogen and oxygen atoms in total. The van der Waals surface area contributed by atoms with E-state index in [0.717, 1.165) is 57.3 Å². The number of rotatable bonds is 7. The van der Waals surface area contributed by atoms with Gasteiger partial charge in [0.05, 0.1) is 6.04 Å². The number of ether oxygens (including phenoxy) is 1. The summed E-state index contributed by atoms with van der Waals surface area (Å²) in [4.78, 5) is 11.7. The molecule has 0 spiro atoms. The van der Waals surface area contributed by atoms with Crippen LogP contribution in [0.3, 0.4) is 0 Å². The molecule has 0 unspecified atom stereocenters. The largest absolute Gasteiger partial charge is 0.381 e. The first kappa shape index (κ1) is 19.3. The van der Waals surface area contributed by atoms with Gasteiger partial charge in [-0.3, -0.25) is 0 Å². The number of anilines is 1. The third-order valence-electron chi connectivity index (χ3n) is 5.74. The van der Waals surface area contributed by atoms with Gasteiger partial charge in [-0.2, -0.15) is 4.98 Å². The molecule has 28 heavy (non-hydrogen) atoms. The molecule has 2 aliphatic rings. The molecule has 152 valence electrons. The molecule has 2 aromatic heterocycles. The Bertz CT molecular complexity index is 734.